The summed E-state index contributed by atoms with van der Waals surface area (Å²) in [5, 5.41) is 13.5. The number of nitrogens with zero attached hydrogens (tertiary/aromatic N) is 1. The summed E-state index contributed by atoms with van der Waals surface area (Å²) in [6.07, 6.45) is 0.668. The minimum atomic E-state index is -0.993. The second-order valence-electron chi connectivity index (χ2n) is 4.80. The molecule has 1 aliphatic rings. The van der Waals surface area contributed by atoms with E-state index in [-0.39, 0.29) is 24.3 Å². The van der Waals surface area contributed by atoms with Crippen LogP contribution in [0.25, 0.3) is 0 Å². The number of likely N-dealkylation sites (tertiary alicyclic amines) is 1. The van der Waals surface area contributed by atoms with E-state index >= 15 is 0 Å². The van der Waals surface area contributed by atoms with Crippen molar-refractivity contribution in [3.63, 3.8) is 0 Å². The Morgan fingerprint density at radius 1 is 1.50 bits per heavy atom. The predicted octanol–water partition coefficient (Wildman–Crippen LogP) is 0.799. The molecule has 1 fully saturated rings. The molecule has 1 aromatic heterocycles. The Labute approximate surface area is 120 Å². The second kappa shape index (κ2) is 6.04. The molecule has 2 rings (SSSR count). The Balaban J connectivity index is 1.92. The summed E-state index contributed by atoms with van der Waals surface area (Å²) in [5.74, 6) is -1.73. The number of carboxylic acid groups (broad SMARTS) is 1. The molecule has 0 spiro atoms. The molecule has 7 heteroatoms. The van der Waals surface area contributed by atoms with Gasteiger partial charge in [0.15, 0.2) is 0 Å². The van der Waals surface area contributed by atoms with Crippen LogP contribution in [0.2, 0.25) is 0 Å². The molecule has 2 heterocycles. The fourth-order valence-electron chi connectivity index (χ4n) is 2.36. The second-order valence-corrected chi connectivity index (χ2v) is 5.74. The van der Waals surface area contributed by atoms with Gasteiger partial charge in [0, 0.05) is 6.54 Å². The van der Waals surface area contributed by atoms with Gasteiger partial charge in [0.1, 0.15) is 6.04 Å². The zero-order valence-electron chi connectivity index (χ0n) is 11.0. The number of carbonyl (C=O) groups excluding carboxylic acids is 2. The van der Waals surface area contributed by atoms with E-state index in [1.807, 2.05) is 6.92 Å². The Kier molecular flexibility index (Phi) is 4.39. The van der Waals surface area contributed by atoms with Crippen LogP contribution in [0.4, 0.5) is 0 Å². The quantitative estimate of drug-likeness (QED) is 0.860. The maximum absolute atomic E-state index is 12.0. The van der Waals surface area contributed by atoms with Crippen LogP contribution < -0.4 is 5.32 Å². The summed E-state index contributed by atoms with van der Waals surface area (Å²) in [5.41, 5.74) is 0. The lowest BCUT2D eigenvalue weighted by Crippen LogP contribution is -2.46. The molecule has 1 aromatic rings. The van der Waals surface area contributed by atoms with Crippen molar-refractivity contribution in [2.24, 2.45) is 5.92 Å². The van der Waals surface area contributed by atoms with Crippen LogP contribution in [-0.2, 0) is 9.59 Å². The van der Waals surface area contributed by atoms with E-state index in [1.54, 1.807) is 17.5 Å². The number of hydrogen-bond donors (Lipinski definition) is 2. The number of nitrogens with one attached hydrogen (secondary N) is 1. The molecule has 0 bridgehead atoms. The molecule has 2 amide bonds. The molecular weight excluding hydrogens is 280 g/mol. The summed E-state index contributed by atoms with van der Waals surface area (Å²) >= 11 is 1.29. The van der Waals surface area contributed by atoms with Gasteiger partial charge in [-0.3, -0.25) is 9.59 Å². The topological polar surface area (TPSA) is 86.7 Å². The summed E-state index contributed by atoms with van der Waals surface area (Å²) < 4.78 is 0. The maximum Gasteiger partial charge on any atom is 0.326 e. The standard InChI is InChI=1S/C13H16N2O4S/c1-8-4-5-15(11(8)13(18)19)10(16)7-14-12(17)9-3-2-6-20-9/h2-3,6,8,11H,4-5,7H2,1H3,(H,14,17)(H,18,19). The van der Waals surface area contributed by atoms with Crippen LogP contribution in [0.1, 0.15) is 23.0 Å². The van der Waals surface area contributed by atoms with Crippen molar-refractivity contribution >= 4 is 29.1 Å². The van der Waals surface area contributed by atoms with Crippen LogP contribution in [0.15, 0.2) is 17.5 Å². The maximum atomic E-state index is 12.0. The normalized spacial score (nSPS) is 21.8. The molecule has 2 N–H and O–H groups in total. The van der Waals surface area contributed by atoms with Gasteiger partial charge in [0.2, 0.25) is 5.91 Å². The molecule has 0 saturated carbocycles. The Hall–Kier alpha value is -1.89. The van der Waals surface area contributed by atoms with E-state index in [9.17, 15) is 14.4 Å². The number of carbonyl (C=O) groups is 3. The summed E-state index contributed by atoms with van der Waals surface area (Å²) in [7, 11) is 0. The lowest BCUT2D eigenvalue weighted by Gasteiger charge is -2.23. The fraction of sp³-hybridized carbons (Fsp3) is 0.462. The van der Waals surface area contributed by atoms with Gasteiger partial charge in [-0.15, -0.1) is 11.3 Å². The number of hydrogen-bond acceptors (Lipinski definition) is 4. The molecule has 2 unspecified atom stereocenters. The van der Waals surface area contributed by atoms with Crippen LogP contribution in [-0.4, -0.2) is 46.9 Å². The number of amides is 2. The Bertz CT molecular complexity index is 514. The third-order valence-electron chi connectivity index (χ3n) is 3.42. The molecule has 1 aliphatic heterocycles. The monoisotopic (exact) mass is 296 g/mol. The SMILES string of the molecule is CC1CCN(C(=O)CNC(=O)c2cccs2)C1C(=O)O. The summed E-state index contributed by atoms with van der Waals surface area (Å²) in [6.45, 7) is 2.06. The Morgan fingerprint density at radius 3 is 2.85 bits per heavy atom. The first-order valence-corrected chi connectivity index (χ1v) is 7.22. The van der Waals surface area contributed by atoms with Gasteiger partial charge < -0.3 is 15.3 Å². The largest absolute Gasteiger partial charge is 0.480 e. The van der Waals surface area contributed by atoms with Gasteiger partial charge in [-0.2, -0.15) is 0 Å². The highest BCUT2D eigenvalue weighted by Crippen LogP contribution is 2.24. The summed E-state index contributed by atoms with van der Waals surface area (Å²) in [4.78, 5) is 36.8. The van der Waals surface area contributed by atoms with E-state index in [2.05, 4.69) is 5.32 Å². The highest BCUT2D eigenvalue weighted by molar-refractivity contribution is 7.12. The molecule has 1 saturated heterocycles. The molecule has 20 heavy (non-hydrogen) atoms. The predicted molar refractivity (Wildman–Crippen MR) is 73.6 cm³/mol. The van der Waals surface area contributed by atoms with Crippen molar-refractivity contribution in [2.45, 2.75) is 19.4 Å². The third kappa shape index (κ3) is 2.98. The average molecular weight is 296 g/mol. The van der Waals surface area contributed by atoms with Crippen molar-refractivity contribution in [2.75, 3.05) is 13.1 Å². The first-order valence-electron chi connectivity index (χ1n) is 6.34. The first kappa shape index (κ1) is 14.5. The van der Waals surface area contributed by atoms with Crippen LogP contribution in [0, 0.1) is 5.92 Å². The van der Waals surface area contributed by atoms with Gasteiger partial charge in [-0.1, -0.05) is 13.0 Å². The van der Waals surface area contributed by atoms with Crippen molar-refractivity contribution < 1.29 is 19.5 Å². The minimum Gasteiger partial charge on any atom is -0.480 e. The van der Waals surface area contributed by atoms with E-state index < -0.39 is 12.0 Å². The van der Waals surface area contributed by atoms with Crippen LogP contribution in [0.5, 0.6) is 0 Å². The van der Waals surface area contributed by atoms with Gasteiger partial charge in [0.25, 0.3) is 5.91 Å². The fourth-order valence-corrected chi connectivity index (χ4v) is 3.00. The first-order chi connectivity index (χ1) is 9.50. The van der Waals surface area contributed by atoms with E-state index in [4.69, 9.17) is 5.11 Å². The van der Waals surface area contributed by atoms with Crippen LogP contribution >= 0.6 is 11.3 Å². The van der Waals surface area contributed by atoms with Gasteiger partial charge in [-0.05, 0) is 23.8 Å². The average Bonchev–Trinajstić information content (AvgIpc) is 3.04. The van der Waals surface area contributed by atoms with Crippen molar-refractivity contribution in [3.05, 3.63) is 22.4 Å². The van der Waals surface area contributed by atoms with Gasteiger partial charge in [-0.25, -0.2) is 4.79 Å². The molecular formula is C13H16N2O4S. The highest BCUT2D eigenvalue weighted by atomic mass is 32.1. The summed E-state index contributed by atoms with van der Waals surface area (Å²) in [6, 6.07) is 2.63. The van der Waals surface area contributed by atoms with Gasteiger partial charge in [0.05, 0.1) is 11.4 Å². The number of thiophene rings is 1. The highest BCUT2D eigenvalue weighted by Gasteiger charge is 2.39. The molecule has 0 aromatic carbocycles. The zero-order chi connectivity index (χ0) is 14.7. The smallest absolute Gasteiger partial charge is 0.326 e. The molecule has 6 nitrogen and oxygen atoms in total. The van der Waals surface area contributed by atoms with Crippen molar-refractivity contribution in [3.8, 4) is 0 Å². The number of carboxylic acids is 1. The lowest BCUT2D eigenvalue weighted by atomic mass is 10.0. The molecule has 2 atom stereocenters. The molecule has 0 radical (unpaired) electrons. The van der Waals surface area contributed by atoms with Gasteiger partial charge >= 0.3 is 5.97 Å². The van der Waals surface area contributed by atoms with Crippen LogP contribution in [0.3, 0.4) is 0 Å². The Morgan fingerprint density at radius 2 is 2.25 bits per heavy atom. The van der Waals surface area contributed by atoms with Crippen molar-refractivity contribution in [1.29, 1.82) is 0 Å². The van der Waals surface area contributed by atoms with E-state index in [0.717, 1.165) is 0 Å². The number of aliphatic carboxylic acids is 1. The lowest BCUT2D eigenvalue weighted by molar-refractivity contribution is -0.149. The zero-order valence-corrected chi connectivity index (χ0v) is 11.9. The molecule has 0 aliphatic carbocycles. The van der Waals surface area contributed by atoms with E-state index in [1.165, 1.54) is 16.2 Å². The molecule has 108 valence electrons. The minimum absolute atomic E-state index is 0.0653. The number of rotatable bonds is 4. The van der Waals surface area contributed by atoms with E-state index in [0.29, 0.717) is 17.8 Å². The third-order valence-corrected chi connectivity index (χ3v) is 4.29. The van der Waals surface area contributed by atoms with Crippen molar-refractivity contribution in [1.82, 2.24) is 10.2 Å².